The fourth-order valence-electron chi connectivity index (χ4n) is 9.81. The van der Waals surface area contributed by atoms with Crippen LogP contribution in [-0.2, 0) is 35.2 Å². The van der Waals surface area contributed by atoms with Gasteiger partial charge >= 0.3 is 35.5 Å². The van der Waals surface area contributed by atoms with Gasteiger partial charge in [-0.05, 0) is 99.7 Å². The fourth-order valence-corrected chi connectivity index (χ4v) is 12.8. The van der Waals surface area contributed by atoms with Crippen LogP contribution in [0.1, 0.15) is 98.1 Å². The summed E-state index contributed by atoms with van der Waals surface area (Å²) in [6.07, 6.45) is 18.3. The molecule has 11 nitrogen and oxygen atoms in total. The molecule has 7 rings (SSSR count). The second-order valence-corrected chi connectivity index (χ2v) is 22.8. The van der Waals surface area contributed by atoms with Gasteiger partial charge in [0.15, 0.2) is 5.71 Å². The molecular weight excluding hydrogens is 977 g/mol. The summed E-state index contributed by atoms with van der Waals surface area (Å²) in [7, 11) is -2.51. The molecule has 74 heavy (non-hydrogen) atoms. The average Bonchev–Trinajstić information content (AvgIpc) is 3.73. The Morgan fingerprint density at radius 3 is 2.05 bits per heavy atom. The number of hydrogen-bond acceptors (Lipinski definition) is 8. The summed E-state index contributed by atoms with van der Waals surface area (Å²) in [6.45, 7) is 10.8. The molecule has 0 radical (unpaired) electrons. The number of ether oxygens (including phenoxy) is 2. The molecule has 0 saturated carbocycles. The number of ketones is 1. The summed E-state index contributed by atoms with van der Waals surface area (Å²) < 4.78 is 46.6. The number of anilines is 1. The number of carbonyl (C=O) groups is 3. The molecule has 14 heteroatoms. The number of unbranched alkanes of at least 4 members (excludes halogenated alkanes) is 2. The third kappa shape index (κ3) is 13.6. The van der Waals surface area contributed by atoms with Crippen LogP contribution >= 0.6 is 7.92 Å². The van der Waals surface area contributed by atoms with Gasteiger partial charge in [-0.1, -0.05) is 123 Å². The van der Waals surface area contributed by atoms with E-state index in [1.807, 2.05) is 105 Å². The minimum Gasteiger partial charge on any atom is -0.465 e. The van der Waals surface area contributed by atoms with E-state index >= 15 is 0 Å². The smallest absolute Gasteiger partial charge is 0.465 e. The van der Waals surface area contributed by atoms with Gasteiger partial charge in [0.2, 0.25) is 5.69 Å². The predicted molar refractivity (Wildman–Crippen MR) is 295 cm³/mol. The maximum Gasteiger partial charge on any atom is 1.00 e. The standard InChI is InChI=1S/C60H66N3O8PS.Na/c1-59(2)50-30-20-21-31-52(50)62(55(59)32-18-8-7-9-19-33-56-60(3,4)51-43-48(73(67,68)69)35-37-53(51)63(56)40-41-70-5)39-22-12-13-24-45(64)25-23-38-61-57(65)44-34-36-49(58(66)71-6)54(42-44)72(46-26-14-10-15-27-46)47-28-16-11-17-29-47;/h7-11,14-21,26-37,42-43H,12-13,22-25,38-41H2,1-6H3,(H-,61,65,67,68,69);/q;+1/p+1. The maximum absolute atomic E-state index is 13.5. The van der Waals surface area contributed by atoms with Crippen molar-refractivity contribution in [3.8, 4) is 0 Å². The van der Waals surface area contributed by atoms with E-state index in [1.54, 1.807) is 37.4 Å². The predicted octanol–water partition coefficient (Wildman–Crippen LogP) is 7.19. The zero-order valence-corrected chi connectivity index (χ0v) is 47.4. The molecule has 0 atom stereocenters. The summed E-state index contributed by atoms with van der Waals surface area (Å²) >= 11 is 0. The van der Waals surface area contributed by atoms with Crippen LogP contribution in [0.2, 0.25) is 0 Å². The van der Waals surface area contributed by atoms with Crippen molar-refractivity contribution in [1.82, 2.24) is 5.32 Å². The van der Waals surface area contributed by atoms with E-state index in [4.69, 9.17) is 9.47 Å². The summed E-state index contributed by atoms with van der Waals surface area (Å²) in [6, 6.07) is 38.4. The first-order valence-corrected chi connectivity index (χ1v) is 27.6. The van der Waals surface area contributed by atoms with Gasteiger partial charge in [-0.3, -0.25) is 14.1 Å². The molecule has 0 unspecified atom stereocenters. The van der Waals surface area contributed by atoms with Crippen molar-refractivity contribution in [3.63, 3.8) is 0 Å². The number of rotatable bonds is 23. The quantitative estimate of drug-likeness (QED) is 0.0132. The second-order valence-electron chi connectivity index (χ2n) is 19.2. The van der Waals surface area contributed by atoms with E-state index < -0.39 is 29.4 Å². The Morgan fingerprint density at radius 2 is 1.38 bits per heavy atom. The van der Waals surface area contributed by atoms with Gasteiger partial charge in [-0.25, -0.2) is 4.79 Å². The summed E-state index contributed by atoms with van der Waals surface area (Å²) in [5.74, 6) is -0.532. The second kappa shape index (κ2) is 26.3. The van der Waals surface area contributed by atoms with Crippen molar-refractivity contribution in [2.45, 2.75) is 81.9 Å². The van der Waals surface area contributed by atoms with Crippen LogP contribution in [0.4, 0.5) is 11.4 Å². The van der Waals surface area contributed by atoms with E-state index in [-0.39, 0.29) is 51.6 Å². The Labute approximate surface area is 461 Å². The van der Waals surface area contributed by atoms with Crippen LogP contribution < -0.4 is 55.7 Å². The molecule has 0 bridgehead atoms. The van der Waals surface area contributed by atoms with Crippen molar-refractivity contribution >= 4 is 68.7 Å². The van der Waals surface area contributed by atoms with Crippen molar-refractivity contribution in [1.29, 1.82) is 0 Å². The molecule has 0 aliphatic carbocycles. The molecule has 1 amide bonds. The largest absolute Gasteiger partial charge is 1.00 e. The summed E-state index contributed by atoms with van der Waals surface area (Å²) in [5, 5.41) is 5.83. The van der Waals surface area contributed by atoms with Crippen molar-refractivity contribution < 1.29 is 71.0 Å². The van der Waals surface area contributed by atoms with E-state index in [1.165, 1.54) is 30.1 Å². The van der Waals surface area contributed by atoms with Gasteiger partial charge in [0, 0.05) is 84.8 Å². The number of allylic oxidation sites excluding steroid dienone is 8. The van der Waals surface area contributed by atoms with Gasteiger partial charge in [-0.2, -0.15) is 13.0 Å². The van der Waals surface area contributed by atoms with Gasteiger partial charge < -0.3 is 19.7 Å². The molecule has 2 N–H and O–H groups in total. The first-order chi connectivity index (χ1) is 35.1. The average molecular weight is 1040 g/mol. The van der Waals surface area contributed by atoms with Crippen LogP contribution in [0.3, 0.4) is 0 Å². The number of nitrogens with one attached hydrogen (secondary N) is 1. The minimum atomic E-state index is -4.35. The van der Waals surface area contributed by atoms with Crippen molar-refractivity contribution in [2.75, 3.05) is 45.4 Å². The molecule has 2 aliphatic heterocycles. The summed E-state index contributed by atoms with van der Waals surface area (Å²) in [5.41, 5.74) is 6.51. The SMILES string of the molecule is COCCN1C(=CC=CC=CC=CC2=[N+](CCCCCC(=O)CCCNC(=O)c3ccc(C(=O)OC)c(P(c4ccccc4)c4ccccc4)c3)c3ccccc3C2(C)C)C(C)(C)c2cc(S(=O)(=O)O)ccc21.[Na+]. The molecule has 0 saturated heterocycles. The number of methoxy groups -OCH3 is 2. The zero-order valence-electron chi connectivity index (χ0n) is 43.7. The number of nitrogens with zero attached hydrogens (tertiary/aromatic N) is 2. The van der Waals surface area contributed by atoms with Crippen LogP contribution in [0.15, 0.2) is 174 Å². The first-order valence-electron chi connectivity index (χ1n) is 24.9. The normalized spacial score (nSPS) is 15.3. The Morgan fingerprint density at radius 1 is 0.730 bits per heavy atom. The number of amides is 1. The molecule has 380 valence electrons. The van der Waals surface area contributed by atoms with Crippen LogP contribution in [0.5, 0.6) is 0 Å². The van der Waals surface area contributed by atoms with E-state index in [2.05, 4.69) is 65.1 Å². The molecule has 2 heterocycles. The maximum atomic E-state index is 13.5. The van der Waals surface area contributed by atoms with Crippen molar-refractivity contribution in [3.05, 3.63) is 192 Å². The topological polar surface area (TPSA) is 142 Å². The van der Waals surface area contributed by atoms with Gasteiger partial charge in [-0.15, -0.1) is 0 Å². The monoisotopic (exact) mass is 1040 g/mol. The molecule has 0 fully saturated rings. The third-order valence-corrected chi connectivity index (χ3v) is 17.0. The first kappa shape index (κ1) is 57.7. The molecule has 5 aromatic rings. The molecular formula is C60H67N3NaO8PS+2. The number of esters is 1. The van der Waals surface area contributed by atoms with E-state index in [0.29, 0.717) is 50.1 Å². The van der Waals surface area contributed by atoms with Crippen LogP contribution in [0, 0.1) is 0 Å². The number of para-hydroxylation sites is 1. The van der Waals surface area contributed by atoms with Crippen molar-refractivity contribution in [2.24, 2.45) is 0 Å². The molecule has 5 aromatic carbocycles. The number of fused-ring (bicyclic) bond motifs is 2. The number of carbonyl (C=O) groups excluding carboxylic acids is 3. The molecule has 0 spiro atoms. The van der Waals surface area contributed by atoms with Crippen LogP contribution in [0.25, 0.3) is 0 Å². The van der Waals surface area contributed by atoms with Gasteiger partial charge in [0.25, 0.3) is 16.0 Å². The Kier molecular flexibility index (Phi) is 20.5. The third-order valence-electron chi connectivity index (χ3n) is 13.6. The molecule has 0 aromatic heterocycles. The number of Topliss-reactive ketones (excluding diaryl/α,β-unsaturated/α-hetero) is 1. The summed E-state index contributed by atoms with van der Waals surface area (Å²) in [4.78, 5) is 41.5. The van der Waals surface area contributed by atoms with Gasteiger partial charge in [0.05, 0.1) is 29.6 Å². The Balaban J connectivity index is 0.00000892. The van der Waals surface area contributed by atoms with Crippen LogP contribution in [-0.4, -0.2) is 81.4 Å². The minimum absolute atomic E-state index is 0. The van der Waals surface area contributed by atoms with E-state index in [9.17, 15) is 27.4 Å². The van der Waals surface area contributed by atoms with Gasteiger partial charge in [0.1, 0.15) is 12.3 Å². The Hall–Kier alpha value is -5.56. The fraction of sp³-hybridized carbons (Fsp3) is 0.300. The Bertz CT molecular complexity index is 3040. The van der Waals surface area contributed by atoms with E-state index in [0.717, 1.165) is 58.7 Å². The molecule has 2 aliphatic rings. The number of hydrogen-bond donors (Lipinski definition) is 2. The zero-order chi connectivity index (χ0) is 52.2. The number of benzene rings is 5.